The van der Waals surface area contributed by atoms with Crippen LogP contribution in [0.5, 0.6) is 0 Å². The lowest BCUT2D eigenvalue weighted by Crippen LogP contribution is -2.34. The summed E-state index contributed by atoms with van der Waals surface area (Å²) in [6.45, 7) is 3.93. The van der Waals surface area contributed by atoms with Gasteiger partial charge in [0.25, 0.3) is 5.91 Å². The second kappa shape index (κ2) is 6.43. The molecule has 2 aromatic carbocycles. The molecule has 0 aromatic heterocycles. The summed E-state index contributed by atoms with van der Waals surface area (Å²) in [7, 11) is 0. The lowest BCUT2D eigenvalue weighted by Gasteiger charge is -2.09. The highest BCUT2D eigenvalue weighted by Gasteiger charge is 2.14. The van der Waals surface area contributed by atoms with Gasteiger partial charge >= 0.3 is 0 Å². The zero-order valence-corrected chi connectivity index (χ0v) is 12.6. The van der Waals surface area contributed by atoms with Crippen molar-refractivity contribution < 1.29 is 4.79 Å². The van der Waals surface area contributed by atoms with E-state index in [0.29, 0.717) is 18.7 Å². The number of amides is 1. The molecular weight excluding hydrogens is 274 g/mol. The SMILES string of the molecule is Cc1cccc(C(=O)NCCNC2=NCc3ccccc32)c1. The Kier molecular flexibility index (Phi) is 4.19. The van der Waals surface area contributed by atoms with Crippen molar-refractivity contribution in [3.05, 3.63) is 70.8 Å². The molecule has 1 aliphatic rings. The molecule has 1 amide bonds. The van der Waals surface area contributed by atoms with Crippen molar-refractivity contribution in [1.82, 2.24) is 10.6 Å². The van der Waals surface area contributed by atoms with Crippen molar-refractivity contribution in [2.24, 2.45) is 4.99 Å². The van der Waals surface area contributed by atoms with Crippen molar-refractivity contribution >= 4 is 11.7 Å². The molecule has 3 rings (SSSR count). The van der Waals surface area contributed by atoms with Crippen LogP contribution in [0.25, 0.3) is 0 Å². The highest BCUT2D eigenvalue weighted by Crippen LogP contribution is 2.16. The van der Waals surface area contributed by atoms with Crippen molar-refractivity contribution in [1.29, 1.82) is 0 Å². The summed E-state index contributed by atoms with van der Waals surface area (Å²) >= 11 is 0. The van der Waals surface area contributed by atoms with Gasteiger partial charge in [0.05, 0.1) is 6.54 Å². The molecule has 2 aromatic rings. The summed E-state index contributed by atoms with van der Waals surface area (Å²) < 4.78 is 0. The molecule has 4 heteroatoms. The summed E-state index contributed by atoms with van der Waals surface area (Å²) in [6, 6.07) is 15.8. The standard InChI is InChI=1S/C18H19N3O/c1-13-5-4-7-14(11-13)18(22)20-10-9-19-17-16-8-3-2-6-15(16)12-21-17/h2-8,11H,9-10,12H2,1H3,(H,19,21)(H,20,22). The molecule has 0 saturated carbocycles. The maximum Gasteiger partial charge on any atom is 0.251 e. The second-order valence-electron chi connectivity index (χ2n) is 5.37. The largest absolute Gasteiger partial charge is 0.368 e. The van der Waals surface area contributed by atoms with Gasteiger partial charge in [-0.05, 0) is 24.6 Å². The van der Waals surface area contributed by atoms with Gasteiger partial charge in [0.1, 0.15) is 5.84 Å². The van der Waals surface area contributed by atoms with E-state index in [-0.39, 0.29) is 5.91 Å². The van der Waals surface area contributed by atoms with E-state index in [9.17, 15) is 4.79 Å². The van der Waals surface area contributed by atoms with Crippen molar-refractivity contribution in [3.63, 3.8) is 0 Å². The van der Waals surface area contributed by atoms with Crippen LogP contribution in [0, 0.1) is 6.92 Å². The Morgan fingerprint density at radius 3 is 2.86 bits per heavy atom. The summed E-state index contributed by atoms with van der Waals surface area (Å²) in [4.78, 5) is 16.5. The monoisotopic (exact) mass is 293 g/mol. The fourth-order valence-electron chi connectivity index (χ4n) is 2.54. The molecule has 0 aliphatic carbocycles. The third-order valence-corrected chi connectivity index (χ3v) is 3.66. The van der Waals surface area contributed by atoms with E-state index in [0.717, 1.165) is 23.5 Å². The second-order valence-corrected chi connectivity index (χ2v) is 5.37. The van der Waals surface area contributed by atoms with Crippen LogP contribution in [-0.4, -0.2) is 24.8 Å². The maximum absolute atomic E-state index is 12.0. The van der Waals surface area contributed by atoms with Gasteiger partial charge in [0, 0.05) is 24.2 Å². The Morgan fingerprint density at radius 2 is 2.00 bits per heavy atom. The predicted octanol–water partition coefficient (Wildman–Crippen LogP) is 2.27. The number of nitrogens with one attached hydrogen (secondary N) is 2. The number of amidine groups is 1. The van der Waals surface area contributed by atoms with Gasteiger partial charge in [-0.15, -0.1) is 0 Å². The molecule has 0 spiro atoms. The molecule has 1 aliphatic heterocycles. The highest BCUT2D eigenvalue weighted by molar-refractivity contribution is 6.02. The van der Waals surface area contributed by atoms with Crippen LogP contribution in [0.1, 0.15) is 27.0 Å². The van der Waals surface area contributed by atoms with Crippen LogP contribution in [0.2, 0.25) is 0 Å². The van der Waals surface area contributed by atoms with E-state index in [1.165, 1.54) is 5.56 Å². The average molecular weight is 293 g/mol. The first kappa shape index (κ1) is 14.3. The Labute approximate surface area is 130 Å². The molecule has 1 heterocycles. The first-order valence-corrected chi connectivity index (χ1v) is 7.45. The maximum atomic E-state index is 12.0. The third kappa shape index (κ3) is 3.17. The van der Waals surface area contributed by atoms with E-state index in [4.69, 9.17) is 0 Å². The Bertz CT molecular complexity index is 722. The molecule has 0 bridgehead atoms. The van der Waals surface area contributed by atoms with Gasteiger partial charge in [-0.25, -0.2) is 0 Å². The van der Waals surface area contributed by atoms with Crippen molar-refractivity contribution in [2.45, 2.75) is 13.5 Å². The Morgan fingerprint density at radius 1 is 1.14 bits per heavy atom. The highest BCUT2D eigenvalue weighted by atomic mass is 16.1. The minimum Gasteiger partial charge on any atom is -0.368 e. The van der Waals surface area contributed by atoms with E-state index in [2.05, 4.69) is 27.8 Å². The van der Waals surface area contributed by atoms with Gasteiger partial charge in [0.15, 0.2) is 0 Å². The minimum atomic E-state index is -0.0424. The molecule has 4 nitrogen and oxygen atoms in total. The molecule has 0 saturated heterocycles. The zero-order valence-electron chi connectivity index (χ0n) is 12.6. The lowest BCUT2D eigenvalue weighted by atomic mass is 10.1. The van der Waals surface area contributed by atoms with Gasteiger partial charge in [-0.1, -0.05) is 42.0 Å². The normalized spacial score (nSPS) is 12.5. The number of aliphatic imine (C=N–C) groups is 1. The fraction of sp³-hybridized carbons (Fsp3) is 0.222. The number of aryl methyl sites for hydroxylation is 1. The van der Waals surface area contributed by atoms with Crippen molar-refractivity contribution in [2.75, 3.05) is 13.1 Å². The van der Waals surface area contributed by atoms with Crippen LogP contribution < -0.4 is 10.6 Å². The summed E-state index contributed by atoms with van der Waals surface area (Å²) in [5.74, 6) is 0.875. The molecule has 0 fully saturated rings. The third-order valence-electron chi connectivity index (χ3n) is 3.66. The van der Waals surface area contributed by atoms with E-state index < -0.39 is 0 Å². The van der Waals surface area contributed by atoms with Gasteiger partial charge in [0.2, 0.25) is 0 Å². The first-order valence-electron chi connectivity index (χ1n) is 7.45. The quantitative estimate of drug-likeness (QED) is 0.850. The lowest BCUT2D eigenvalue weighted by molar-refractivity contribution is 0.0954. The number of carbonyl (C=O) groups excluding carboxylic acids is 1. The minimum absolute atomic E-state index is 0.0424. The molecule has 22 heavy (non-hydrogen) atoms. The van der Waals surface area contributed by atoms with E-state index >= 15 is 0 Å². The average Bonchev–Trinajstić information content (AvgIpc) is 2.95. The number of hydrogen-bond donors (Lipinski definition) is 2. The Hall–Kier alpha value is -2.62. The number of fused-ring (bicyclic) bond motifs is 1. The molecule has 112 valence electrons. The molecule has 2 N–H and O–H groups in total. The number of benzene rings is 2. The number of rotatable bonds is 4. The smallest absolute Gasteiger partial charge is 0.251 e. The predicted molar refractivity (Wildman–Crippen MR) is 88.2 cm³/mol. The van der Waals surface area contributed by atoms with Crippen LogP contribution in [0.4, 0.5) is 0 Å². The van der Waals surface area contributed by atoms with Crippen LogP contribution in [-0.2, 0) is 6.54 Å². The van der Waals surface area contributed by atoms with Crippen LogP contribution in [0.15, 0.2) is 53.5 Å². The van der Waals surface area contributed by atoms with E-state index in [1.54, 1.807) is 0 Å². The van der Waals surface area contributed by atoms with Gasteiger partial charge in [-0.2, -0.15) is 0 Å². The number of hydrogen-bond acceptors (Lipinski definition) is 3. The number of carbonyl (C=O) groups is 1. The van der Waals surface area contributed by atoms with Gasteiger partial charge in [-0.3, -0.25) is 9.79 Å². The van der Waals surface area contributed by atoms with Crippen LogP contribution in [0.3, 0.4) is 0 Å². The van der Waals surface area contributed by atoms with E-state index in [1.807, 2.05) is 43.3 Å². The molecular formula is C18H19N3O. The van der Waals surface area contributed by atoms with Gasteiger partial charge < -0.3 is 10.6 Å². The van der Waals surface area contributed by atoms with Crippen molar-refractivity contribution in [3.8, 4) is 0 Å². The zero-order chi connectivity index (χ0) is 15.4. The molecule has 0 radical (unpaired) electrons. The Balaban J connectivity index is 1.48. The number of nitrogens with zero attached hydrogens (tertiary/aromatic N) is 1. The summed E-state index contributed by atoms with van der Waals surface area (Å²) in [5.41, 5.74) is 4.19. The topological polar surface area (TPSA) is 53.5 Å². The summed E-state index contributed by atoms with van der Waals surface area (Å²) in [6.07, 6.45) is 0. The molecule has 0 atom stereocenters. The fourth-order valence-corrected chi connectivity index (χ4v) is 2.54. The first-order chi connectivity index (χ1) is 10.7. The summed E-state index contributed by atoms with van der Waals surface area (Å²) in [5, 5.41) is 6.21. The molecule has 0 unspecified atom stereocenters. The van der Waals surface area contributed by atoms with Crippen LogP contribution >= 0.6 is 0 Å².